The van der Waals surface area contributed by atoms with Crippen molar-refractivity contribution in [1.29, 1.82) is 0 Å². The van der Waals surface area contributed by atoms with Gasteiger partial charge >= 0.3 is 0 Å². The summed E-state index contributed by atoms with van der Waals surface area (Å²) >= 11 is 0. The minimum atomic E-state index is 0.246. The standard InChI is InChI=1S/C9H11NO/c1-3-10-8-6-7(2)4-5-9(8)11/h3-6,10-11H,1H2,2H3. The number of phenolic OH excluding ortho intramolecular Hbond substituents is 1. The molecule has 0 aliphatic heterocycles. The Hall–Kier alpha value is -1.44. The number of hydrogen-bond donors (Lipinski definition) is 2. The average Bonchev–Trinajstić information content (AvgIpc) is 1.98. The molecule has 0 spiro atoms. The molecular weight excluding hydrogens is 138 g/mol. The lowest BCUT2D eigenvalue weighted by Crippen LogP contribution is -1.86. The summed E-state index contributed by atoms with van der Waals surface area (Å²) < 4.78 is 0. The molecule has 0 saturated heterocycles. The van der Waals surface area contributed by atoms with Gasteiger partial charge < -0.3 is 10.4 Å². The Morgan fingerprint density at radius 1 is 1.55 bits per heavy atom. The van der Waals surface area contributed by atoms with E-state index in [9.17, 15) is 5.11 Å². The molecule has 0 heterocycles. The van der Waals surface area contributed by atoms with Crippen LogP contribution in [0.5, 0.6) is 5.75 Å². The SMILES string of the molecule is C=CNc1cc(C)ccc1O. The van der Waals surface area contributed by atoms with Crippen molar-refractivity contribution in [3.05, 3.63) is 36.5 Å². The largest absolute Gasteiger partial charge is 0.506 e. The number of rotatable bonds is 2. The van der Waals surface area contributed by atoms with Crippen LogP contribution in [0.2, 0.25) is 0 Å². The maximum absolute atomic E-state index is 9.26. The topological polar surface area (TPSA) is 32.3 Å². The van der Waals surface area contributed by atoms with Gasteiger partial charge in [-0.3, -0.25) is 0 Å². The lowest BCUT2D eigenvalue weighted by Gasteiger charge is -2.03. The molecule has 11 heavy (non-hydrogen) atoms. The maximum Gasteiger partial charge on any atom is 0.139 e. The molecule has 0 bridgehead atoms. The molecule has 2 N–H and O–H groups in total. The smallest absolute Gasteiger partial charge is 0.139 e. The van der Waals surface area contributed by atoms with Gasteiger partial charge in [-0.1, -0.05) is 12.6 Å². The number of nitrogens with one attached hydrogen (secondary N) is 1. The van der Waals surface area contributed by atoms with Crippen LogP contribution in [-0.4, -0.2) is 5.11 Å². The van der Waals surface area contributed by atoms with Crippen LogP contribution in [0.25, 0.3) is 0 Å². The van der Waals surface area contributed by atoms with Gasteiger partial charge in [-0.15, -0.1) is 0 Å². The van der Waals surface area contributed by atoms with Crippen molar-refractivity contribution < 1.29 is 5.11 Å². The quantitative estimate of drug-likeness (QED) is 0.632. The van der Waals surface area contributed by atoms with Crippen molar-refractivity contribution in [2.24, 2.45) is 0 Å². The Balaban J connectivity index is 3.01. The Morgan fingerprint density at radius 3 is 2.91 bits per heavy atom. The zero-order valence-corrected chi connectivity index (χ0v) is 6.46. The lowest BCUT2D eigenvalue weighted by molar-refractivity contribution is 0.477. The zero-order chi connectivity index (χ0) is 8.27. The summed E-state index contributed by atoms with van der Waals surface area (Å²) in [6.07, 6.45) is 1.54. The molecule has 0 aromatic heterocycles. The highest BCUT2D eigenvalue weighted by atomic mass is 16.3. The van der Waals surface area contributed by atoms with Crippen LogP contribution in [0.4, 0.5) is 5.69 Å². The van der Waals surface area contributed by atoms with E-state index in [0.29, 0.717) is 5.69 Å². The molecule has 0 fully saturated rings. The first-order valence-electron chi connectivity index (χ1n) is 3.41. The molecule has 0 unspecified atom stereocenters. The maximum atomic E-state index is 9.26. The molecular formula is C9H11NO. The van der Waals surface area contributed by atoms with Crippen molar-refractivity contribution in [3.8, 4) is 5.75 Å². The average molecular weight is 149 g/mol. The van der Waals surface area contributed by atoms with Crippen LogP contribution < -0.4 is 5.32 Å². The first-order chi connectivity index (χ1) is 5.24. The highest BCUT2D eigenvalue weighted by molar-refractivity contribution is 5.58. The molecule has 0 amide bonds. The number of benzene rings is 1. The molecule has 1 rings (SSSR count). The summed E-state index contributed by atoms with van der Waals surface area (Å²) in [5, 5.41) is 12.1. The van der Waals surface area contributed by atoms with Crippen molar-refractivity contribution in [2.45, 2.75) is 6.92 Å². The third kappa shape index (κ3) is 1.74. The number of anilines is 1. The monoisotopic (exact) mass is 149 g/mol. The van der Waals surface area contributed by atoms with Crippen molar-refractivity contribution in [2.75, 3.05) is 5.32 Å². The number of hydrogen-bond acceptors (Lipinski definition) is 2. The van der Waals surface area contributed by atoms with Gasteiger partial charge in [0.05, 0.1) is 5.69 Å². The second-order valence-corrected chi connectivity index (χ2v) is 2.37. The van der Waals surface area contributed by atoms with E-state index in [-0.39, 0.29) is 5.75 Å². The zero-order valence-electron chi connectivity index (χ0n) is 6.46. The Bertz CT molecular complexity index is 268. The van der Waals surface area contributed by atoms with E-state index < -0.39 is 0 Å². The van der Waals surface area contributed by atoms with E-state index >= 15 is 0 Å². The van der Waals surface area contributed by atoms with E-state index in [1.165, 1.54) is 6.20 Å². The fourth-order valence-corrected chi connectivity index (χ4v) is 0.875. The van der Waals surface area contributed by atoms with Crippen LogP contribution in [0.15, 0.2) is 31.0 Å². The van der Waals surface area contributed by atoms with Crippen molar-refractivity contribution in [3.63, 3.8) is 0 Å². The first kappa shape index (κ1) is 7.66. The number of phenols is 1. The Morgan fingerprint density at radius 2 is 2.27 bits per heavy atom. The molecule has 2 heteroatoms. The Labute approximate surface area is 66.2 Å². The highest BCUT2D eigenvalue weighted by Crippen LogP contribution is 2.23. The molecule has 0 atom stereocenters. The summed E-state index contributed by atoms with van der Waals surface area (Å²) in [4.78, 5) is 0. The molecule has 0 radical (unpaired) electrons. The summed E-state index contributed by atoms with van der Waals surface area (Å²) in [5.41, 5.74) is 1.80. The van der Waals surface area contributed by atoms with Gasteiger partial charge in [-0.25, -0.2) is 0 Å². The summed E-state index contributed by atoms with van der Waals surface area (Å²) in [7, 11) is 0. The predicted octanol–water partition coefficient (Wildman–Crippen LogP) is 2.26. The molecule has 1 aromatic carbocycles. The van der Waals surface area contributed by atoms with Crippen molar-refractivity contribution >= 4 is 5.69 Å². The van der Waals surface area contributed by atoms with Gasteiger partial charge in [-0.05, 0) is 30.8 Å². The van der Waals surface area contributed by atoms with E-state index in [1.807, 2.05) is 19.1 Å². The van der Waals surface area contributed by atoms with E-state index in [1.54, 1.807) is 6.07 Å². The lowest BCUT2D eigenvalue weighted by atomic mass is 10.2. The molecule has 0 saturated carbocycles. The minimum absolute atomic E-state index is 0.246. The van der Waals surface area contributed by atoms with Crippen LogP contribution in [0.1, 0.15) is 5.56 Å². The van der Waals surface area contributed by atoms with Gasteiger partial charge in [0.2, 0.25) is 0 Å². The molecule has 1 aromatic rings. The van der Waals surface area contributed by atoms with Gasteiger partial charge in [0.25, 0.3) is 0 Å². The van der Waals surface area contributed by atoms with Crippen LogP contribution in [-0.2, 0) is 0 Å². The van der Waals surface area contributed by atoms with E-state index in [2.05, 4.69) is 11.9 Å². The third-order valence-electron chi connectivity index (χ3n) is 1.41. The second kappa shape index (κ2) is 3.10. The second-order valence-electron chi connectivity index (χ2n) is 2.37. The van der Waals surface area contributed by atoms with Crippen LogP contribution >= 0.6 is 0 Å². The summed E-state index contributed by atoms with van der Waals surface area (Å²) in [5.74, 6) is 0.246. The third-order valence-corrected chi connectivity index (χ3v) is 1.41. The molecule has 0 aliphatic carbocycles. The van der Waals surface area contributed by atoms with Crippen LogP contribution in [0.3, 0.4) is 0 Å². The van der Waals surface area contributed by atoms with Gasteiger partial charge in [0.1, 0.15) is 5.75 Å². The van der Waals surface area contributed by atoms with E-state index in [0.717, 1.165) is 5.56 Å². The fraction of sp³-hybridized carbons (Fsp3) is 0.111. The first-order valence-corrected chi connectivity index (χ1v) is 3.41. The minimum Gasteiger partial charge on any atom is -0.506 e. The Kier molecular flexibility index (Phi) is 2.16. The molecule has 2 nitrogen and oxygen atoms in total. The van der Waals surface area contributed by atoms with Crippen LogP contribution in [0, 0.1) is 6.92 Å². The molecule has 58 valence electrons. The van der Waals surface area contributed by atoms with Gasteiger partial charge in [-0.2, -0.15) is 0 Å². The van der Waals surface area contributed by atoms with Gasteiger partial charge in [0, 0.05) is 0 Å². The normalized spacial score (nSPS) is 9.18. The number of aryl methyl sites for hydroxylation is 1. The molecule has 0 aliphatic rings. The number of aromatic hydroxyl groups is 1. The summed E-state index contributed by atoms with van der Waals surface area (Å²) in [6.45, 7) is 5.47. The highest BCUT2D eigenvalue weighted by Gasteiger charge is 1.96. The summed E-state index contributed by atoms with van der Waals surface area (Å²) in [6, 6.07) is 5.36. The van der Waals surface area contributed by atoms with Gasteiger partial charge in [0.15, 0.2) is 0 Å². The predicted molar refractivity (Wildman–Crippen MR) is 46.7 cm³/mol. The fourth-order valence-electron chi connectivity index (χ4n) is 0.875. The van der Waals surface area contributed by atoms with Crippen molar-refractivity contribution in [1.82, 2.24) is 0 Å². The van der Waals surface area contributed by atoms with E-state index in [4.69, 9.17) is 0 Å².